The van der Waals surface area contributed by atoms with Crippen LogP contribution >= 0.6 is 0 Å². The van der Waals surface area contributed by atoms with E-state index in [1.807, 2.05) is 0 Å². The maximum atomic E-state index is 11.8. The molecule has 6 heteroatoms. The minimum absolute atomic E-state index is 0.151. The van der Waals surface area contributed by atoms with Gasteiger partial charge in [0.2, 0.25) is 0 Å². The minimum atomic E-state index is -0.151. The van der Waals surface area contributed by atoms with Gasteiger partial charge in [0.1, 0.15) is 0 Å². The number of nitrogens with two attached hydrogens (primary N) is 1. The molecule has 9 atom stereocenters. The van der Waals surface area contributed by atoms with Crippen molar-refractivity contribution < 1.29 is 5.11 Å². The molecule has 4 rings (SSSR count). The van der Waals surface area contributed by atoms with E-state index < -0.39 is 0 Å². The molecule has 0 aromatic rings. The monoisotopic (exact) mass is 604 g/mol. The smallest absolute Gasteiger partial charge is 0.0701 e. The molecule has 5 N–H and O–H groups in total. The standard InChI is InChI=1S/C37H73N5O/c1-28(2)12-9-13-29(3)31-14-15-32-35-33(17-18-36(31,32)4)37(5)19-16-30(26-42(37)27-34(35)43)41(6)25-11-24-40-22-8-7-21-39-23-10-20-38/h28-35,39-40,43H,7-27,38H2,1-6H3/t29?,30?,31-,32?,33+,34?,35?,36?,37-/m1/s1. The van der Waals surface area contributed by atoms with Crippen LogP contribution in [0.3, 0.4) is 0 Å². The van der Waals surface area contributed by atoms with Gasteiger partial charge in [-0.15, -0.1) is 0 Å². The number of piperidine rings is 2. The van der Waals surface area contributed by atoms with Crippen LogP contribution in [0.5, 0.6) is 0 Å². The van der Waals surface area contributed by atoms with Crippen molar-refractivity contribution in [3.63, 3.8) is 0 Å². The number of rotatable bonds is 18. The first kappa shape index (κ1) is 35.6. The van der Waals surface area contributed by atoms with Crippen molar-refractivity contribution >= 4 is 0 Å². The fourth-order valence-corrected chi connectivity index (χ4v) is 10.7. The lowest BCUT2D eigenvalue weighted by Gasteiger charge is -2.64. The number of likely N-dealkylation sites (N-methyl/N-ethyl adjacent to an activating group) is 1. The molecule has 2 saturated carbocycles. The average Bonchev–Trinajstić information content (AvgIpc) is 3.33. The number of hydrogen-bond donors (Lipinski definition) is 4. The second-order valence-electron chi connectivity index (χ2n) is 16.5. The Balaban J connectivity index is 1.22. The molecule has 0 aromatic carbocycles. The first-order valence-corrected chi connectivity index (χ1v) is 18.9. The number of fused-ring (bicyclic) bond motifs is 5. The summed E-state index contributed by atoms with van der Waals surface area (Å²) >= 11 is 0. The molecule has 2 heterocycles. The molecule has 0 radical (unpaired) electrons. The Labute approximate surface area is 267 Å². The van der Waals surface area contributed by atoms with Crippen molar-refractivity contribution in [2.24, 2.45) is 46.7 Å². The summed E-state index contributed by atoms with van der Waals surface area (Å²) in [6.07, 6.45) is 16.8. The van der Waals surface area contributed by atoms with E-state index in [0.717, 1.165) is 82.5 Å². The maximum absolute atomic E-state index is 11.8. The number of hydrogen-bond acceptors (Lipinski definition) is 6. The topological polar surface area (TPSA) is 76.8 Å². The van der Waals surface area contributed by atoms with Crippen LogP contribution in [0.1, 0.15) is 118 Å². The Morgan fingerprint density at radius 3 is 2.23 bits per heavy atom. The van der Waals surface area contributed by atoms with E-state index in [4.69, 9.17) is 5.73 Å². The van der Waals surface area contributed by atoms with Gasteiger partial charge in [0, 0.05) is 24.7 Å². The fourth-order valence-electron chi connectivity index (χ4n) is 10.7. The van der Waals surface area contributed by atoms with E-state index in [2.05, 4.69) is 62.1 Å². The molecule has 6 nitrogen and oxygen atoms in total. The highest BCUT2D eigenvalue weighted by atomic mass is 16.3. The molecule has 4 fully saturated rings. The number of nitrogens with one attached hydrogen (secondary N) is 2. The highest BCUT2D eigenvalue weighted by Crippen LogP contribution is 2.65. The second kappa shape index (κ2) is 16.5. The molecular weight excluding hydrogens is 530 g/mol. The lowest BCUT2D eigenvalue weighted by molar-refractivity contribution is -0.175. The third-order valence-corrected chi connectivity index (χ3v) is 13.3. The van der Waals surface area contributed by atoms with Crippen molar-refractivity contribution in [3.8, 4) is 0 Å². The van der Waals surface area contributed by atoms with Gasteiger partial charge in [0.05, 0.1) is 6.10 Å². The Kier molecular flexibility index (Phi) is 13.7. The van der Waals surface area contributed by atoms with Gasteiger partial charge in [-0.2, -0.15) is 0 Å². The second-order valence-corrected chi connectivity index (χ2v) is 16.5. The van der Waals surface area contributed by atoms with Gasteiger partial charge in [-0.25, -0.2) is 0 Å². The molecular formula is C37H73N5O. The van der Waals surface area contributed by atoms with Crippen molar-refractivity contribution in [2.45, 2.75) is 136 Å². The molecule has 4 aliphatic rings. The summed E-state index contributed by atoms with van der Waals surface area (Å²) in [4.78, 5) is 5.38. The van der Waals surface area contributed by atoms with Gasteiger partial charge in [0.25, 0.3) is 0 Å². The Bertz CT molecular complexity index is 810. The maximum Gasteiger partial charge on any atom is 0.0701 e. The highest BCUT2D eigenvalue weighted by Gasteiger charge is 2.62. The average molecular weight is 604 g/mol. The quantitative estimate of drug-likeness (QED) is 0.150. The molecule has 252 valence electrons. The number of unbranched alkanes of at least 4 members (excludes halogenated alkanes) is 1. The van der Waals surface area contributed by atoms with Crippen LogP contribution < -0.4 is 16.4 Å². The van der Waals surface area contributed by atoms with Crippen LogP contribution in [0.15, 0.2) is 0 Å². The van der Waals surface area contributed by atoms with Crippen LogP contribution in [-0.4, -0.2) is 92.0 Å². The van der Waals surface area contributed by atoms with Crippen molar-refractivity contribution in [1.29, 1.82) is 0 Å². The molecule has 0 spiro atoms. The molecule has 6 unspecified atom stereocenters. The Morgan fingerprint density at radius 1 is 0.837 bits per heavy atom. The zero-order valence-corrected chi connectivity index (χ0v) is 29.4. The van der Waals surface area contributed by atoms with Crippen LogP contribution in [0, 0.1) is 40.9 Å². The molecule has 2 saturated heterocycles. The largest absolute Gasteiger partial charge is 0.391 e. The zero-order chi connectivity index (χ0) is 31.0. The van der Waals surface area contributed by atoms with Crippen molar-refractivity contribution in [3.05, 3.63) is 0 Å². The van der Waals surface area contributed by atoms with E-state index in [9.17, 15) is 5.11 Å². The van der Waals surface area contributed by atoms with Crippen molar-refractivity contribution in [1.82, 2.24) is 20.4 Å². The van der Waals surface area contributed by atoms with E-state index >= 15 is 0 Å². The van der Waals surface area contributed by atoms with Gasteiger partial charge in [-0.1, -0.05) is 47.0 Å². The minimum Gasteiger partial charge on any atom is -0.391 e. The molecule has 0 amide bonds. The van der Waals surface area contributed by atoms with E-state index in [1.165, 1.54) is 77.0 Å². The van der Waals surface area contributed by atoms with E-state index in [-0.39, 0.29) is 11.6 Å². The first-order valence-electron chi connectivity index (χ1n) is 18.9. The number of nitrogens with zero attached hydrogens (tertiary/aromatic N) is 2. The third-order valence-electron chi connectivity index (χ3n) is 13.3. The van der Waals surface area contributed by atoms with E-state index in [1.54, 1.807) is 0 Å². The Hall–Kier alpha value is -0.240. The molecule has 2 aliphatic heterocycles. The van der Waals surface area contributed by atoms with Crippen molar-refractivity contribution in [2.75, 3.05) is 59.4 Å². The number of β-amino-alcohol motifs (C(OH)–C–C–N with tert-alkyl or cyclic N) is 1. The lowest BCUT2D eigenvalue weighted by Crippen LogP contribution is -2.70. The van der Waals surface area contributed by atoms with Gasteiger partial charge in [0.15, 0.2) is 0 Å². The Morgan fingerprint density at radius 2 is 1.53 bits per heavy atom. The predicted molar refractivity (Wildman–Crippen MR) is 183 cm³/mol. The van der Waals surface area contributed by atoms with Gasteiger partial charge in [-0.05, 0) is 158 Å². The molecule has 0 bridgehead atoms. The number of aliphatic hydroxyl groups excluding tert-OH is 1. The third kappa shape index (κ3) is 8.57. The summed E-state index contributed by atoms with van der Waals surface area (Å²) in [5.74, 6) is 4.39. The highest BCUT2D eigenvalue weighted by molar-refractivity contribution is 5.14. The molecule has 43 heavy (non-hydrogen) atoms. The van der Waals surface area contributed by atoms with E-state index in [0.29, 0.717) is 23.3 Å². The predicted octanol–water partition coefficient (Wildman–Crippen LogP) is 5.74. The summed E-state index contributed by atoms with van der Waals surface area (Å²) in [6.45, 7) is 20.9. The zero-order valence-electron chi connectivity index (χ0n) is 29.4. The molecule has 2 aliphatic carbocycles. The summed E-state index contributed by atoms with van der Waals surface area (Å²) in [5, 5.41) is 18.9. The van der Waals surface area contributed by atoms with Crippen LogP contribution in [-0.2, 0) is 0 Å². The number of aliphatic hydroxyl groups is 1. The molecule has 0 aromatic heterocycles. The normalized spacial score (nSPS) is 37.0. The summed E-state index contributed by atoms with van der Waals surface area (Å²) in [6, 6.07) is 0.618. The first-order chi connectivity index (χ1) is 20.6. The SMILES string of the molecule is CC(C)CCCC(C)[C@H]1CCC2C3C(O)CN4CC(N(C)CCCNCCCCNCCCN)CC[C@]4(C)[C@H]3CCC21C. The van der Waals surface area contributed by atoms with Crippen LogP contribution in [0.4, 0.5) is 0 Å². The summed E-state index contributed by atoms with van der Waals surface area (Å²) < 4.78 is 0. The van der Waals surface area contributed by atoms with Gasteiger partial charge in [-0.3, -0.25) is 4.90 Å². The summed E-state index contributed by atoms with van der Waals surface area (Å²) in [7, 11) is 2.34. The lowest BCUT2D eigenvalue weighted by atomic mass is 9.50. The van der Waals surface area contributed by atoms with Gasteiger partial charge >= 0.3 is 0 Å². The summed E-state index contributed by atoms with van der Waals surface area (Å²) in [5.41, 5.74) is 6.25. The van der Waals surface area contributed by atoms with Crippen LogP contribution in [0.2, 0.25) is 0 Å². The van der Waals surface area contributed by atoms with Gasteiger partial charge < -0.3 is 26.4 Å². The van der Waals surface area contributed by atoms with Crippen LogP contribution in [0.25, 0.3) is 0 Å². The fraction of sp³-hybridized carbons (Fsp3) is 1.00.